The van der Waals surface area contributed by atoms with Gasteiger partial charge < -0.3 is 15.2 Å². The van der Waals surface area contributed by atoms with E-state index in [0.717, 1.165) is 50.6 Å². The molecule has 1 aliphatic carbocycles. The van der Waals surface area contributed by atoms with Crippen LogP contribution in [0.2, 0.25) is 0 Å². The predicted octanol–water partition coefficient (Wildman–Crippen LogP) is 2.35. The van der Waals surface area contributed by atoms with E-state index < -0.39 is 5.91 Å². The molecule has 1 aromatic carbocycles. The molecule has 2 amide bonds. The van der Waals surface area contributed by atoms with Gasteiger partial charge >= 0.3 is 0 Å². The number of rotatable bonds is 3. The van der Waals surface area contributed by atoms with Gasteiger partial charge in [0, 0.05) is 18.2 Å². The van der Waals surface area contributed by atoms with E-state index in [1.807, 2.05) is 11.0 Å². The summed E-state index contributed by atoms with van der Waals surface area (Å²) in [4.78, 5) is 33.1. The molecule has 7 nitrogen and oxygen atoms in total. The highest BCUT2D eigenvalue weighted by Crippen LogP contribution is 2.39. The van der Waals surface area contributed by atoms with Crippen molar-refractivity contribution in [3.63, 3.8) is 0 Å². The lowest BCUT2D eigenvalue weighted by molar-refractivity contribution is -0.119. The van der Waals surface area contributed by atoms with E-state index in [9.17, 15) is 9.59 Å². The number of thiocarbonyl (C=S) groups is 1. The Labute approximate surface area is 162 Å². The van der Waals surface area contributed by atoms with Crippen LogP contribution in [0.1, 0.15) is 54.9 Å². The van der Waals surface area contributed by atoms with Crippen molar-refractivity contribution in [3.05, 3.63) is 23.8 Å². The highest BCUT2D eigenvalue weighted by Gasteiger charge is 2.47. The van der Waals surface area contributed by atoms with Crippen LogP contribution in [0.5, 0.6) is 0 Å². The Bertz CT molecular complexity index is 956. The molecule has 0 bridgehead atoms. The molecule has 3 fully saturated rings. The van der Waals surface area contributed by atoms with Gasteiger partial charge in [0.05, 0.1) is 11.0 Å². The summed E-state index contributed by atoms with van der Waals surface area (Å²) < 4.78 is 2.15. The van der Waals surface area contributed by atoms with Gasteiger partial charge in [-0.05, 0) is 56.1 Å². The smallest absolute Gasteiger partial charge is 0.258 e. The molecule has 0 radical (unpaired) electrons. The molecule has 2 N–H and O–H groups in total. The molecule has 1 atom stereocenters. The van der Waals surface area contributed by atoms with Crippen LogP contribution < -0.4 is 10.6 Å². The molecule has 3 heterocycles. The number of aromatic nitrogens is 2. The van der Waals surface area contributed by atoms with Crippen molar-refractivity contribution >= 4 is 46.1 Å². The van der Waals surface area contributed by atoms with Crippen molar-refractivity contribution < 1.29 is 9.59 Å². The summed E-state index contributed by atoms with van der Waals surface area (Å²) in [6.07, 6.45) is 6.26. The molecule has 0 unspecified atom stereocenters. The lowest BCUT2D eigenvalue weighted by Gasteiger charge is -2.22. The quantitative estimate of drug-likeness (QED) is 0.823. The number of hydrogen-bond donors (Lipinski definition) is 1. The molecule has 1 aromatic heterocycles. The maximum absolute atomic E-state index is 13.1. The van der Waals surface area contributed by atoms with Crippen molar-refractivity contribution in [1.82, 2.24) is 14.5 Å². The van der Waals surface area contributed by atoms with Gasteiger partial charge in [0.2, 0.25) is 11.9 Å². The first-order valence-corrected chi connectivity index (χ1v) is 9.93. The van der Waals surface area contributed by atoms with Gasteiger partial charge in [-0.1, -0.05) is 12.8 Å². The van der Waals surface area contributed by atoms with E-state index >= 15 is 0 Å². The van der Waals surface area contributed by atoms with Crippen LogP contribution in [0.25, 0.3) is 11.0 Å². The average molecular weight is 383 g/mol. The first-order valence-electron chi connectivity index (χ1n) is 9.52. The molecular weight excluding hydrogens is 362 g/mol. The summed E-state index contributed by atoms with van der Waals surface area (Å²) >= 11 is 5.65. The highest BCUT2D eigenvalue weighted by atomic mass is 32.1. The van der Waals surface area contributed by atoms with Gasteiger partial charge in [-0.25, -0.2) is 9.88 Å². The van der Waals surface area contributed by atoms with Crippen molar-refractivity contribution in [2.75, 3.05) is 11.4 Å². The number of hydrogen-bond acceptors (Lipinski definition) is 4. The normalized spacial score (nSPS) is 23.0. The zero-order valence-corrected chi connectivity index (χ0v) is 15.7. The van der Waals surface area contributed by atoms with Crippen molar-refractivity contribution in [2.24, 2.45) is 5.73 Å². The van der Waals surface area contributed by atoms with E-state index in [1.165, 1.54) is 0 Å². The Hall–Kier alpha value is -2.48. The fraction of sp³-hybridized carbons (Fsp3) is 0.474. The molecule has 2 saturated heterocycles. The third kappa shape index (κ3) is 2.39. The molecule has 2 aromatic rings. The summed E-state index contributed by atoms with van der Waals surface area (Å²) in [5.74, 6) is 0.118. The van der Waals surface area contributed by atoms with Gasteiger partial charge in [-0.2, -0.15) is 0 Å². The fourth-order valence-electron chi connectivity index (χ4n) is 4.73. The Morgan fingerprint density at radius 1 is 1.19 bits per heavy atom. The predicted molar refractivity (Wildman–Crippen MR) is 106 cm³/mol. The van der Waals surface area contributed by atoms with Crippen LogP contribution in [-0.4, -0.2) is 44.0 Å². The topological polar surface area (TPSA) is 84.5 Å². The summed E-state index contributed by atoms with van der Waals surface area (Å²) in [7, 11) is 0. The van der Waals surface area contributed by atoms with Crippen LogP contribution in [0.3, 0.4) is 0 Å². The number of carbonyl (C=O) groups is 2. The summed E-state index contributed by atoms with van der Waals surface area (Å²) in [5, 5.41) is 0.548. The largest absolute Gasteiger partial charge is 0.366 e. The number of amides is 2. The van der Waals surface area contributed by atoms with Crippen molar-refractivity contribution in [3.8, 4) is 0 Å². The first-order chi connectivity index (χ1) is 13.1. The van der Waals surface area contributed by atoms with Crippen molar-refractivity contribution in [2.45, 2.75) is 50.6 Å². The van der Waals surface area contributed by atoms with Gasteiger partial charge in [0.25, 0.3) is 5.91 Å². The Morgan fingerprint density at radius 2 is 1.96 bits per heavy atom. The molecule has 0 spiro atoms. The minimum Gasteiger partial charge on any atom is -0.366 e. The molecular formula is C19H21N5O2S. The summed E-state index contributed by atoms with van der Waals surface area (Å²) in [6.45, 7) is 0.821. The Kier molecular flexibility index (Phi) is 3.72. The van der Waals surface area contributed by atoms with E-state index in [1.54, 1.807) is 17.0 Å². The fourth-order valence-corrected chi connectivity index (χ4v) is 5.12. The minimum atomic E-state index is -0.484. The second-order valence-electron chi connectivity index (χ2n) is 7.60. The number of carbonyl (C=O) groups excluding carboxylic acids is 2. The van der Waals surface area contributed by atoms with Crippen molar-refractivity contribution in [1.29, 1.82) is 0 Å². The lowest BCUT2D eigenvalue weighted by atomic mass is 10.1. The van der Waals surface area contributed by atoms with Crippen LogP contribution in [0.15, 0.2) is 18.2 Å². The SMILES string of the molecule is NC(=O)c1ccc2c(c1)nc(N1C(=O)[C@@H]3CCCN3C1=S)n2C1CCCC1. The molecule has 5 rings (SSSR count). The number of nitrogens with two attached hydrogens (primary N) is 1. The monoisotopic (exact) mass is 383 g/mol. The molecule has 2 aliphatic heterocycles. The molecule has 27 heavy (non-hydrogen) atoms. The summed E-state index contributed by atoms with van der Waals surface area (Å²) in [5.41, 5.74) is 7.45. The maximum atomic E-state index is 13.1. The number of anilines is 1. The van der Waals surface area contributed by atoms with Crippen LogP contribution >= 0.6 is 12.2 Å². The van der Waals surface area contributed by atoms with Crippen LogP contribution in [0.4, 0.5) is 5.95 Å². The van der Waals surface area contributed by atoms with E-state index in [-0.39, 0.29) is 18.0 Å². The highest BCUT2D eigenvalue weighted by molar-refractivity contribution is 7.80. The first kappa shape index (κ1) is 16.7. The molecule has 1 saturated carbocycles. The van der Waals surface area contributed by atoms with Gasteiger partial charge in [0.15, 0.2) is 5.11 Å². The third-order valence-corrected chi connectivity index (χ3v) is 6.46. The molecule has 140 valence electrons. The van der Waals surface area contributed by atoms with E-state index in [4.69, 9.17) is 22.9 Å². The Balaban J connectivity index is 1.68. The zero-order chi connectivity index (χ0) is 18.7. The third-order valence-electron chi connectivity index (χ3n) is 6.04. The van der Waals surface area contributed by atoms with Crippen LogP contribution in [0, 0.1) is 0 Å². The van der Waals surface area contributed by atoms with Crippen LogP contribution in [-0.2, 0) is 4.79 Å². The molecule has 3 aliphatic rings. The number of nitrogens with zero attached hydrogens (tertiary/aromatic N) is 4. The molecule has 8 heteroatoms. The number of fused-ring (bicyclic) bond motifs is 2. The van der Waals surface area contributed by atoms with E-state index in [2.05, 4.69) is 4.57 Å². The van der Waals surface area contributed by atoms with Gasteiger partial charge in [-0.3, -0.25) is 9.59 Å². The minimum absolute atomic E-state index is 0.0159. The second kappa shape index (κ2) is 6.02. The average Bonchev–Trinajstić information content (AvgIpc) is 3.40. The standard InChI is InChI=1S/C19H21N5O2S/c20-16(25)11-7-8-14-13(10-11)21-18(23(14)12-4-1-2-5-12)24-17(26)15-6-3-9-22(15)19(24)27/h7-8,10,12,15H,1-6,9H2,(H2,20,25)/t15-/m0/s1. The van der Waals surface area contributed by atoms with Gasteiger partial charge in [0.1, 0.15) is 6.04 Å². The second-order valence-corrected chi connectivity index (χ2v) is 7.96. The van der Waals surface area contributed by atoms with Gasteiger partial charge in [-0.15, -0.1) is 0 Å². The number of imidazole rings is 1. The zero-order valence-electron chi connectivity index (χ0n) is 14.9. The lowest BCUT2D eigenvalue weighted by Crippen LogP contribution is -2.35. The summed E-state index contributed by atoms with van der Waals surface area (Å²) in [6, 6.07) is 5.45. The number of benzene rings is 1. The maximum Gasteiger partial charge on any atom is 0.258 e. The Morgan fingerprint density at radius 3 is 2.67 bits per heavy atom. The number of primary amides is 1. The van der Waals surface area contributed by atoms with E-state index in [0.29, 0.717) is 22.1 Å².